The van der Waals surface area contributed by atoms with Gasteiger partial charge in [-0.1, -0.05) is 0 Å². The summed E-state index contributed by atoms with van der Waals surface area (Å²) in [6.07, 6.45) is 0. The van der Waals surface area contributed by atoms with Gasteiger partial charge < -0.3 is 0 Å². The zero-order valence-corrected chi connectivity index (χ0v) is 11.3. The van der Waals surface area contributed by atoms with E-state index in [-0.39, 0.29) is 4.90 Å². The highest BCUT2D eigenvalue weighted by Gasteiger charge is 2.14. The summed E-state index contributed by atoms with van der Waals surface area (Å²) in [5.41, 5.74) is 0.648. The third kappa shape index (κ3) is 2.42. The molecule has 0 aliphatic heterocycles. The van der Waals surface area contributed by atoms with Crippen LogP contribution in [0.1, 0.15) is 5.56 Å². The van der Waals surface area contributed by atoms with Crippen molar-refractivity contribution in [1.82, 2.24) is 0 Å². The summed E-state index contributed by atoms with van der Waals surface area (Å²) >= 11 is 5.41. The summed E-state index contributed by atoms with van der Waals surface area (Å²) < 4.78 is 23.9. The summed E-state index contributed by atoms with van der Waals surface area (Å²) in [6, 6.07) is 3.22. The number of benzene rings is 1. The van der Waals surface area contributed by atoms with Crippen LogP contribution in [-0.4, -0.2) is 8.42 Å². The Hall–Kier alpha value is 0.340. The number of rotatable bonds is 1. The Morgan fingerprint density at radius 3 is 2.46 bits per heavy atom. The van der Waals surface area contributed by atoms with Crippen LogP contribution in [0.5, 0.6) is 0 Å². The van der Waals surface area contributed by atoms with Gasteiger partial charge in [0.25, 0.3) is 0 Å². The maximum Gasteiger partial charge on any atom is 0.238 e. The normalized spacial score (nSPS) is 11.7. The van der Waals surface area contributed by atoms with Gasteiger partial charge in [-0.05, 0) is 63.1 Å². The van der Waals surface area contributed by atoms with Crippen LogP contribution >= 0.6 is 38.5 Å². The lowest BCUT2D eigenvalue weighted by molar-refractivity contribution is 0.597. The summed E-state index contributed by atoms with van der Waals surface area (Å²) in [6.45, 7) is 1.71. The van der Waals surface area contributed by atoms with Gasteiger partial charge in [-0.2, -0.15) is 0 Å². The van der Waals surface area contributed by atoms with E-state index in [1.165, 1.54) is 6.07 Å². The molecule has 1 aromatic carbocycles. The zero-order valence-electron chi connectivity index (χ0n) is 6.71. The fraction of sp³-hybridized carbons (Fsp3) is 0.143. The molecule has 0 saturated heterocycles. The molecule has 0 aromatic heterocycles. The van der Waals surface area contributed by atoms with E-state index in [1.807, 2.05) is 0 Å². The van der Waals surface area contributed by atoms with E-state index in [9.17, 15) is 8.42 Å². The molecular weight excluding hydrogens is 369 g/mol. The molecule has 0 heterocycles. The average molecular weight is 376 g/mol. The lowest BCUT2D eigenvalue weighted by Crippen LogP contribution is -2.14. The summed E-state index contributed by atoms with van der Waals surface area (Å²) in [7, 11) is -3.61. The quantitative estimate of drug-likeness (QED) is 0.763. The Kier molecular flexibility index (Phi) is 3.37. The minimum atomic E-state index is -3.61. The molecule has 0 aliphatic rings. The van der Waals surface area contributed by atoms with Gasteiger partial charge in [0, 0.05) is 8.04 Å². The summed E-state index contributed by atoms with van der Waals surface area (Å²) in [5.74, 6) is 0. The van der Waals surface area contributed by atoms with E-state index in [0.717, 1.165) is 8.04 Å². The van der Waals surface area contributed by atoms with Gasteiger partial charge in [-0.3, -0.25) is 0 Å². The van der Waals surface area contributed by atoms with Gasteiger partial charge in [-0.15, -0.1) is 0 Å². The number of primary sulfonamides is 1. The van der Waals surface area contributed by atoms with Crippen LogP contribution in [0.2, 0.25) is 0 Å². The summed E-state index contributed by atoms with van der Waals surface area (Å²) in [5, 5.41) is 5.03. The first-order valence-electron chi connectivity index (χ1n) is 3.31. The standard InChI is InChI=1S/C7H7BrINO2S/c1-4-6(13(10,11)12)3-2-5(9)7(4)8/h2-3H,1H3,(H2,10,11,12). The first-order chi connectivity index (χ1) is 5.84. The van der Waals surface area contributed by atoms with Gasteiger partial charge in [0.05, 0.1) is 4.90 Å². The maximum absolute atomic E-state index is 11.1. The van der Waals surface area contributed by atoms with E-state index in [4.69, 9.17) is 5.14 Å². The van der Waals surface area contributed by atoms with Gasteiger partial charge in [0.2, 0.25) is 10.0 Å². The Labute approximate surface area is 99.0 Å². The Morgan fingerprint density at radius 2 is 2.00 bits per heavy atom. The van der Waals surface area contributed by atoms with Crippen molar-refractivity contribution in [2.75, 3.05) is 0 Å². The first-order valence-corrected chi connectivity index (χ1v) is 6.73. The van der Waals surface area contributed by atoms with Gasteiger partial charge in [0.1, 0.15) is 0 Å². The van der Waals surface area contributed by atoms with Crippen LogP contribution in [0.15, 0.2) is 21.5 Å². The predicted molar refractivity (Wildman–Crippen MR) is 63.0 cm³/mol. The molecule has 0 unspecified atom stereocenters. The van der Waals surface area contributed by atoms with Crippen LogP contribution in [0, 0.1) is 10.5 Å². The Morgan fingerprint density at radius 1 is 1.46 bits per heavy atom. The van der Waals surface area contributed by atoms with Crippen molar-refractivity contribution in [1.29, 1.82) is 0 Å². The van der Waals surface area contributed by atoms with E-state index in [0.29, 0.717) is 5.56 Å². The van der Waals surface area contributed by atoms with Gasteiger partial charge >= 0.3 is 0 Å². The Balaban J connectivity index is 3.53. The average Bonchev–Trinajstić information content (AvgIpc) is 1.98. The third-order valence-electron chi connectivity index (χ3n) is 1.60. The fourth-order valence-corrected chi connectivity index (χ4v) is 2.79. The molecule has 2 N–H and O–H groups in total. The van der Waals surface area contributed by atoms with E-state index < -0.39 is 10.0 Å². The number of halogens is 2. The first kappa shape index (κ1) is 11.4. The van der Waals surface area contributed by atoms with Crippen molar-refractivity contribution in [3.8, 4) is 0 Å². The molecule has 0 bridgehead atoms. The van der Waals surface area contributed by atoms with Crippen LogP contribution in [0.4, 0.5) is 0 Å². The number of nitrogens with two attached hydrogens (primary N) is 1. The maximum atomic E-state index is 11.1. The van der Waals surface area contributed by atoms with Crippen molar-refractivity contribution in [3.63, 3.8) is 0 Å². The second-order valence-corrected chi connectivity index (χ2v) is 6.01. The smallest absolute Gasteiger partial charge is 0.225 e. The SMILES string of the molecule is Cc1c(S(N)(=O)=O)ccc(I)c1Br. The van der Waals surface area contributed by atoms with Crippen LogP contribution in [0.25, 0.3) is 0 Å². The highest BCUT2D eigenvalue weighted by atomic mass is 127. The lowest BCUT2D eigenvalue weighted by Gasteiger charge is -2.06. The van der Waals surface area contributed by atoms with Crippen molar-refractivity contribution in [2.24, 2.45) is 5.14 Å². The fourth-order valence-electron chi connectivity index (χ4n) is 0.943. The lowest BCUT2D eigenvalue weighted by atomic mass is 10.2. The molecule has 3 nitrogen and oxygen atoms in total. The van der Waals surface area contributed by atoms with Crippen molar-refractivity contribution < 1.29 is 8.42 Å². The monoisotopic (exact) mass is 375 g/mol. The number of hydrogen-bond donors (Lipinski definition) is 1. The van der Waals surface area contributed by atoms with Crippen LogP contribution in [-0.2, 0) is 10.0 Å². The van der Waals surface area contributed by atoms with E-state index in [2.05, 4.69) is 38.5 Å². The molecule has 72 valence electrons. The molecule has 0 atom stereocenters. The predicted octanol–water partition coefficient (Wildman–Crippen LogP) is 2.01. The molecule has 0 saturated carbocycles. The van der Waals surface area contributed by atoms with E-state index >= 15 is 0 Å². The van der Waals surface area contributed by atoms with E-state index in [1.54, 1.807) is 13.0 Å². The number of hydrogen-bond acceptors (Lipinski definition) is 2. The minimum Gasteiger partial charge on any atom is -0.225 e. The molecular formula is C7H7BrINO2S. The van der Waals surface area contributed by atoms with Crippen molar-refractivity contribution in [2.45, 2.75) is 11.8 Å². The highest BCUT2D eigenvalue weighted by molar-refractivity contribution is 14.1. The second-order valence-electron chi connectivity index (χ2n) is 2.53. The van der Waals surface area contributed by atoms with Crippen molar-refractivity contribution >= 4 is 48.5 Å². The molecule has 6 heteroatoms. The Bertz CT molecular complexity index is 444. The number of sulfonamides is 1. The second kappa shape index (κ2) is 3.84. The van der Waals surface area contributed by atoms with Gasteiger partial charge in [0.15, 0.2) is 0 Å². The molecule has 0 amide bonds. The zero-order chi connectivity index (χ0) is 10.2. The molecule has 0 spiro atoms. The van der Waals surface area contributed by atoms with Crippen LogP contribution < -0.4 is 5.14 Å². The molecule has 0 aliphatic carbocycles. The molecule has 0 fully saturated rings. The molecule has 13 heavy (non-hydrogen) atoms. The van der Waals surface area contributed by atoms with Crippen LogP contribution in [0.3, 0.4) is 0 Å². The van der Waals surface area contributed by atoms with Crippen molar-refractivity contribution in [3.05, 3.63) is 25.7 Å². The molecule has 0 radical (unpaired) electrons. The molecule has 1 aromatic rings. The third-order valence-corrected chi connectivity index (χ3v) is 5.31. The topological polar surface area (TPSA) is 60.2 Å². The largest absolute Gasteiger partial charge is 0.238 e. The highest BCUT2D eigenvalue weighted by Crippen LogP contribution is 2.27. The summed E-state index contributed by atoms with van der Waals surface area (Å²) in [4.78, 5) is 0.166. The van der Waals surface area contributed by atoms with Gasteiger partial charge in [-0.25, -0.2) is 13.6 Å². The molecule has 1 rings (SSSR count). The minimum absolute atomic E-state index is 0.166.